The van der Waals surface area contributed by atoms with Crippen molar-refractivity contribution in [2.45, 2.75) is 6.42 Å². The third-order valence-electron chi connectivity index (χ3n) is 2.40. The van der Waals surface area contributed by atoms with E-state index < -0.39 is 4.92 Å². The number of nitrogens with zero attached hydrogens (tertiary/aromatic N) is 2. The second kappa shape index (κ2) is 4.51. The fourth-order valence-corrected chi connectivity index (χ4v) is 1.82. The van der Waals surface area contributed by atoms with E-state index in [9.17, 15) is 10.1 Å². The Hall–Kier alpha value is -1.94. The van der Waals surface area contributed by atoms with Gasteiger partial charge in [0, 0.05) is 17.5 Å². The predicted octanol–water partition coefficient (Wildman–Crippen LogP) is 3.52. The summed E-state index contributed by atoms with van der Waals surface area (Å²) in [6.07, 6.45) is 2.30. The first kappa shape index (κ1) is 11.5. The van der Waals surface area contributed by atoms with Crippen LogP contribution in [0.4, 0.5) is 5.69 Å². The van der Waals surface area contributed by atoms with Gasteiger partial charge in [-0.25, -0.2) is 4.98 Å². The quantitative estimate of drug-likeness (QED) is 0.361. The zero-order valence-corrected chi connectivity index (χ0v) is 9.65. The lowest BCUT2D eigenvalue weighted by Crippen LogP contribution is -1.91. The lowest BCUT2D eigenvalue weighted by atomic mass is 10.1. The molecular weight excluding hydrogens is 240 g/mol. The van der Waals surface area contributed by atoms with Crippen molar-refractivity contribution in [2.24, 2.45) is 0 Å². The normalized spacial score (nSPS) is 10.4. The summed E-state index contributed by atoms with van der Waals surface area (Å²) in [7, 11) is 0. The molecule has 0 unspecified atom stereocenters. The number of fused-ring (bicyclic) bond motifs is 1. The van der Waals surface area contributed by atoms with Gasteiger partial charge in [-0.15, -0.1) is 6.58 Å². The molecule has 1 aromatic heterocycles. The summed E-state index contributed by atoms with van der Waals surface area (Å²) in [6, 6.07) is 6.31. The maximum atomic E-state index is 10.7. The Bertz CT molecular complexity index is 611. The molecule has 0 atom stereocenters. The Morgan fingerprint density at radius 2 is 2.24 bits per heavy atom. The molecule has 5 heteroatoms. The van der Waals surface area contributed by atoms with Crippen molar-refractivity contribution in [1.82, 2.24) is 4.98 Å². The lowest BCUT2D eigenvalue weighted by molar-refractivity contribution is -0.384. The van der Waals surface area contributed by atoms with Crippen LogP contribution in [-0.2, 0) is 6.42 Å². The van der Waals surface area contributed by atoms with Gasteiger partial charge in [-0.05, 0) is 24.1 Å². The van der Waals surface area contributed by atoms with Crippen molar-refractivity contribution in [2.75, 3.05) is 0 Å². The second-order valence-corrected chi connectivity index (χ2v) is 3.92. The second-order valence-electron chi connectivity index (χ2n) is 3.57. The monoisotopic (exact) mass is 248 g/mol. The van der Waals surface area contributed by atoms with Crippen LogP contribution in [0, 0.1) is 10.1 Å². The number of non-ortho nitro benzene ring substituents is 1. The minimum atomic E-state index is -0.429. The van der Waals surface area contributed by atoms with Gasteiger partial charge >= 0.3 is 0 Å². The first-order valence-electron chi connectivity index (χ1n) is 4.96. The molecule has 0 aliphatic heterocycles. The van der Waals surface area contributed by atoms with Gasteiger partial charge in [0.1, 0.15) is 5.15 Å². The molecule has 2 aromatic rings. The first-order valence-corrected chi connectivity index (χ1v) is 5.34. The van der Waals surface area contributed by atoms with E-state index in [0.29, 0.717) is 22.5 Å². The number of nitro groups is 1. The van der Waals surface area contributed by atoms with E-state index in [0.717, 1.165) is 5.56 Å². The average molecular weight is 249 g/mol. The molecule has 17 heavy (non-hydrogen) atoms. The van der Waals surface area contributed by atoms with E-state index in [4.69, 9.17) is 11.6 Å². The van der Waals surface area contributed by atoms with Gasteiger partial charge in [0.15, 0.2) is 0 Å². The highest BCUT2D eigenvalue weighted by molar-refractivity contribution is 6.30. The molecular formula is C12H9ClN2O2. The molecule has 0 aliphatic carbocycles. The third kappa shape index (κ3) is 2.26. The summed E-state index contributed by atoms with van der Waals surface area (Å²) < 4.78 is 0. The van der Waals surface area contributed by atoms with Crippen LogP contribution < -0.4 is 0 Å². The number of nitro benzene ring substituents is 1. The van der Waals surface area contributed by atoms with E-state index in [-0.39, 0.29) is 5.69 Å². The Kier molecular flexibility index (Phi) is 3.06. The molecule has 0 fully saturated rings. The number of rotatable bonds is 3. The Morgan fingerprint density at radius 1 is 1.47 bits per heavy atom. The van der Waals surface area contributed by atoms with Crippen molar-refractivity contribution in [1.29, 1.82) is 0 Å². The zero-order chi connectivity index (χ0) is 12.4. The standard InChI is InChI=1S/C12H9ClN2O2/c1-2-3-8-6-9-7-10(15(16)17)4-5-11(9)14-12(8)13/h2,4-7H,1,3H2. The largest absolute Gasteiger partial charge is 0.270 e. The molecule has 0 spiro atoms. The summed E-state index contributed by atoms with van der Waals surface area (Å²) in [4.78, 5) is 14.4. The average Bonchev–Trinajstić information content (AvgIpc) is 2.29. The number of benzene rings is 1. The summed E-state index contributed by atoms with van der Waals surface area (Å²) in [6.45, 7) is 3.63. The Labute approximate surface area is 103 Å². The molecule has 1 aromatic carbocycles. The van der Waals surface area contributed by atoms with Crippen molar-refractivity contribution in [3.63, 3.8) is 0 Å². The van der Waals surface area contributed by atoms with Crippen LogP contribution in [-0.4, -0.2) is 9.91 Å². The van der Waals surface area contributed by atoms with Crippen molar-refractivity contribution in [3.8, 4) is 0 Å². The van der Waals surface area contributed by atoms with Crippen LogP contribution in [0.3, 0.4) is 0 Å². The number of allylic oxidation sites excluding steroid dienone is 1. The molecule has 2 rings (SSSR count). The van der Waals surface area contributed by atoms with Gasteiger partial charge in [0.05, 0.1) is 10.4 Å². The van der Waals surface area contributed by atoms with Gasteiger partial charge in [0.2, 0.25) is 0 Å². The minimum Gasteiger partial charge on any atom is -0.258 e. The topological polar surface area (TPSA) is 56.0 Å². The molecule has 86 valence electrons. The minimum absolute atomic E-state index is 0.0474. The molecule has 1 heterocycles. The van der Waals surface area contributed by atoms with Gasteiger partial charge in [0.25, 0.3) is 5.69 Å². The number of halogens is 1. The molecule has 4 nitrogen and oxygen atoms in total. The maximum absolute atomic E-state index is 10.7. The Balaban J connectivity index is 2.63. The smallest absolute Gasteiger partial charge is 0.258 e. The van der Waals surface area contributed by atoms with Gasteiger partial charge in [-0.1, -0.05) is 17.7 Å². The van der Waals surface area contributed by atoms with E-state index in [1.54, 1.807) is 18.2 Å². The zero-order valence-electron chi connectivity index (χ0n) is 8.89. The van der Waals surface area contributed by atoms with Crippen LogP contribution in [0.25, 0.3) is 10.9 Å². The van der Waals surface area contributed by atoms with Gasteiger partial charge in [-0.3, -0.25) is 10.1 Å². The van der Waals surface area contributed by atoms with Crippen LogP contribution in [0.15, 0.2) is 36.9 Å². The molecule has 0 saturated heterocycles. The van der Waals surface area contributed by atoms with Gasteiger partial charge < -0.3 is 0 Å². The molecule has 0 N–H and O–H groups in total. The number of pyridine rings is 1. The summed E-state index contributed by atoms with van der Waals surface area (Å²) >= 11 is 5.99. The molecule has 0 radical (unpaired) electrons. The summed E-state index contributed by atoms with van der Waals surface area (Å²) in [5.74, 6) is 0. The van der Waals surface area contributed by atoms with E-state index in [1.165, 1.54) is 12.1 Å². The van der Waals surface area contributed by atoms with Crippen LogP contribution in [0.5, 0.6) is 0 Å². The molecule has 0 amide bonds. The summed E-state index contributed by atoms with van der Waals surface area (Å²) in [5, 5.41) is 11.8. The highest BCUT2D eigenvalue weighted by atomic mass is 35.5. The lowest BCUT2D eigenvalue weighted by Gasteiger charge is -2.03. The highest BCUT2D eigenvalue weighted by Gasteiger charge is 2.09. The summed E-state index contributed by atoms with van der Waals surface area (Å²) in [5.41, 5.74) is 1.51. The maximum Gasteiger partial charge on any atom is 0.270 e. The fourth-order valence-electron chi connectivity index (χ4n) is 1.60. The number of hydrogen-bond donors (Lipinski definition) is 0. The predicted molar refractivity (Wildman–Crippen MR) is 67.3 cm³/mol. The number of aromatic nitrogens is 1. The third-order valence-corrected chi connectivity index (χ3v) is 2.73. The van der Waals surface area contributed by atoms with Crippen LogP contribution in [0.2, 0.25) is 5.15 Å². The molecule has 0 saturated carbocycles. The molecule has 0 aliphatic rings. The van der Waals surface area contributed by atoms with Crippen molar-refractivity contribution >= 4 is 28.2 Å². The fraction of sp³-hybridized carbons (Fsp3) is 0.0833. The molecule has 0 bridgehead atoms. The SMILES string of the molecule is C=CCc1cc2cc([N+](=O)[O-])ccc2nc1Cl. The Morgan fingerprint density at radius 3 is 2.88 bits per heavy atom. The van der Waals surface area contributed by atoms with Crippen LogP contribution >= 0.6 is 11.6 Å². The van der Waals surface area contributed by atoms with Gasteiger partial charge in [-0.2, -0.15) is 0 Å². The van der Waals surface area contributed by atoms with E-state index >= 15 is 0 Å². The first-order chi connectivity index (χ1) is 8.11. The van der Waals surface area contributed by atoms with Crippen LogP contribution in [0.1, 0.15) is 5.56 Å². The van der Waals surface area contributed by atoms with E-state index in [1.807, 2.05) is 0 Å². The number of hydrogen-bond acceptors (Lipinski definition) is 3. The van der Waals surface area contributed by atoms with Crippen molar-refractivity contribution < 1.29 is 4.92 Å². The highest BCUT2D eigenvalue weighted by Crippen LogP contribution is 2.24. The van der Waals surface area contributed by atoms with Crippen molar-refractivity contribution in [3.05, 3.63) is 57.8 Å². The van der Waals surface area contributed by atoms with E-state index in [2.05, 4.69) is 11.6 Å².